The zero-order chi connectivity index (χ0) is 11.4. The minimum Gasteiger partial charge on any atom is -0.369 e. The number of amides is 1. The van der Waals surface area contributed by atoms with Gasteiger partial charge < -0.3 is 11.1 Å². The van der Waals surface area contributed by atoms with Crippen molar-refractivity contribution in [1.29, 1.82) is 0 Å². The van der Waals surface area contributed by atoms with Crippen molar-refractivity contribution in [3.05, 3.63) is 0 Å². The zero-order valence-electron chi connectivity index (χ0n) is 10.1. The highest BCUT2D eigenvalue weighted by atomic mass is 16.1. The molecular formula is C11H24N2O. The van der Waals surface area contributed by atoms with E-state index in [2.05, 4.69) is 26.1 Å². The second-order valence-electron chi connectivity index (χ2n) is 5.16. The molecule has 3 heteroatoms. The smallest absolute Gasteiger partial charge is 0.224 e. The van der Waals surface area contributed by atoms with E-state index < -0.39 is 5.41 Å². The summed E-state index contributed by atoms with van der Waals surface area (Å²) < 4.78 is 0. The van der Waals surface area contributed by atoms with Gasteiger partial charge in [-0.15, -0.1) is 0 Å². The van der Waals surface area contributed by atoms with Crippen LogP contribution in [0.15, 0.2) is 0 Å². The Morgan fingerprint density at radius 1 is 1.36 bits per heavy atom. The number of hydrogen-bond acceptors (Lipinski definition) is 2. The third-order valence-corrected chi connectivity index (χ3v) is 2.38. The molecule has 0 aromatic rings. The van der Waals surface area contributed by atoms with Crippen LogP contribution in [0, 0.1) is 11.3 Å². The van der Waals surface area contributed by atoms with Gasteiger partial charge in [0.05, 0.1) is 5.41 Å². The third kappa shape index (κ3) is 5.22. The second-order valence-corrected chi connectivity index (χ2v) is 5.16. The summed E-state index contributed by atoms with van der Waals surface area (Å²) in [6, 6.07) is 0.439. The minimum absolute atomic E-state index is 0.248. The van der Waals surface area contributed by atoms with E-state index in [9.17, 15) is 4.79 Å². The lowest BCUT2D eigenvalue weighted by Gasteiger charge is -2.24. The standard InChI is InChI=1S/C11H24N2O/c1-8(2)6-9(3)13-7-11(4,5)10(12)14/h8-9,13H,6-7H2,1-5H3,(H2,12,14). The van der Waals surface area contributed by atoms with Gasteiger partial charge in [-0.1, -0.05) is 13.8 Å². The van der Waals surface area contributed by atoms with Gasteiger partial charge in [-0.3, -0.25) is 4.79 Å². The molecule has 0 aromatic carbocycles. The van der Waals surface area contributed by atoms with Gasteiger partial charge in [0.15, 0.2) is 0 Å². The van der Waals surface area contributed by atoms with E-state index in [1.807, 2.05) is 13.8 Å². The molecule has 1 amide bonds. The predicted octanol–water partition coefficient (Wildman–Crippen LogP) is 1.52. The predicted molar refractivity (Wildman–Crippen MR) is 59.9 cm³/mol. The van der Waals surface area contributed by atoms with Gasteiger partial charge >= 0.3 is 0 Å². The Morgan fingerprint density at radius 3 is 2.21 bits per heavy atom. The molecule has 0 rings (SSSR count). The lowest BCUT2D eigenvalue weighted by atomic mass is 9.92. The van der Waals surface area contributed by atoms with Gasteiger partial charge in [0.25, 0.3) is 0 Å². The lowest BCUT2D eigenvalue weighted by Crippen LogP contribution is -2.43. The Labute approximate surface area is 87.4 Å². The molecule has 84 valence electrons. The molecule has 1 unspecified atom stereocenters. The van der Waals surface area contributed by atoms with Crippen LogP contribution in [0.25, 0.3) is 0 Å². The van der Waals surface area contributed by atoms with E-state index in [0.29, 0.717) is 18.5 Å². The molecule has 0 aliphatic rings. The van der Waals surface area contributed by atoms with Crippen molar-refractivity contribution in [2.45, 2.75) is 47.1 Å². The van der Waals surface area contributed by atoms with Gasteiger partial charge in [0.2, 0.25) is 5.91 Å². The van der Waals surface area contributed by atoms with E-state index in [1.54, 1.807) is 0 Å². The van der Waals surface area contributed by atoms with Crippen molar-refractivity contribution in [1.82, 2.24) is 5.32 Å². The number of hydrogen-bond donors (Lipinski definition) is 2. The Morgan fingerprint density at radius 2 is 1.86 bits per heavy atom. The van der Waals surface area contributed by atoms with Gasteiger partial charge in [0, 0.05) is 12.6 Å². The molecule has 0 aliphatic heterocycles. The lowest BCUT2D eigenvalue weighted by molar-refractivity contribution is -0.125. The number of carbonyl (C=O) groups excluding carboxylic acids is 1. The third-order valence-electron chi connectivity index (χ3n) is 2.38. The first kappa shape index (κ1) is 13.4. The van der Waals surface area contributed by atoms with Crippen LogP contribution in [0.2, 0.25) is 0 Å². The maximum absolute atomic E-state index is 11.0. The Balaban J connectivity index is 3.87. The highest BCUT2D eigenvalue weighted by Gasteiger charge is 2.24. The van der Waals surface area contributed by atoms with Gasteiger partial charge in [-0.05, 0) is 33.1 Å². The SMILES string of the molecule is CC(C)CC(C)NCC(C)(C)C(N)=O. The van der Waals surface area contributed by atoms with E-state index in [-0.39, 0.29) is 5.91 Å². The van der Waals surface area contributed by atoms with Crippen LogP contribution in [0.5, 0.6) is 0 Å². The number of nitrogens with two attached hydrogens (primary N) is 1. The quantitative estimate of drug-likeness (QED) is 0.683. The zero-order valence-corrected chi connectivity index (χ0v) is 10.1. The molecule has 0 aromatic heterocycles. The van der Waals surface area contributed by atoms with Crippen LogP contribution < -0.4 is 11.1 Å². The molecule has 14 heavy (non-hydrogen) atoms. The van der Waals surface area contributed by atoms with Gasteiger partial charge in [-0.25, -0.2) is 0 Å². The summed E-state index contributed by atoms with van der Waals surface area (Å²) in [7, 11) is 0. The molecule has 1 atom stereocenters. The van der Waals surface area contributed by atoms with Crippen LogP contribution in [0.1, 0.15) is 41.0 Å². The summed E-state index contributed by atoms with van der Waals surface area (Å²) in [6.07, 6.45) is 1.12. The number of carbonyl (C=O) groups is 1. The average Bonchev–Trinajstić information content (AvgIpc) is 1.99. The fourth-order valence-corrected chi connectivity index (χ4v) is 1.31. The Kier molecular flexibility index (Phi) is 5.13. The first-order chi connectivity index (χ1) is 6.25. The largest absolute Gasteiger partial charge is 0.369 e. The van der Waals surface area contributed by atoms with Crippen LogP contribution >= 0.6 is 0 Å². The molecule has 3 N–H and O–H groups in total. The summed E-state index contributed by atoms with van der Waals surface area (Å²) in [5.41, 5.74) is 4.83. The van der Waals surface area contributed by atoms with Crippen molar-refractivity contribution in [2.24, 2.45) is 17.1 Å². The maximum atomic E-state index is 11.0. The summed E-state index contributed by atoms with van der Waals surface area (Å²) in [6.45, 7) is 10.9. The molecule has 0 radical (unpaired) electrons. The van der Waals surface area contributed by atoms with Gasteiger partial charge in [0.1, 0.15) is 0 Å². The van der Waals surface area contributed by atoms with Crippen LogP contribution in [0.4, 0.5) is 0 Å². The highest BCUT2D eigenvalue weighted by molar-refractivity contribution is 5.80. The first-order valence-corrected chi connectivity index (χ1v) is 5.29. The van der Waals surface area contributed by atoms with Crippen LogP contribution in [0.3, 0.4) is 0 Å². The van der Waals surface area contributed by atoms with E-state index in [0.717, 1.165) is 6.42 Å². The molecule has 3 nitrogen and oxygen atoms in total. The summed E-state index contributed by atoms with van der Waals surface area (Å²) in [5.74, 6) is 0.427. The first-order valence-electron chi connectivity index (χ1n) is 5.29. The summed E-state index contributed by atoms with van der Waals surface area (Å²) in [4.78, 5) is 11.0. The topological polar surface area (TPSA) is 55.1 Å². The van der Waals surface area contributed by atoms with Gasteiger partial charge in [-0.2, -0.15) is 0 Å². The van der Waals surface area contributed by atoms with Crippen molar-refractivity contribution in [3.63, 3.8) is 0 Å². The molecule has 0 saturated carbocycles. The normalized spacial score (nSPS) is 14.4. The van der Waals surface area contributed by atoms with E-state index in [1.165, 1.54) is 0 Å². The summed E-state index contributed by atoms with van der Waals surface area (Å²) in [5, 5.41) is 3.33. The molecule has 0 aliphatic carbocycles. The molecule has 0 heterocycles. The summed E-state index contributed by atoms with van der Waals surface area (Å²) >= 11 is 0. The Bertz CT molecular complexity index is 188. The van der Waals surface area contributed by atoms with E-state index >= 15 is 0 Å². The van der Waals surface area contributed by atoms with Crippen molar-refractivity contribution >= 4 is 5.91 Å². The molecular weight excluding hydrogens is 176 g/mol. The van der Waals surface area contributed by atoms with Crippen molar-refractivity contribution < 1.29 is 4.79 Å². The minimum atomic E-state index is -0.453. The number of primary amides is 1. The van der Waals surface area contributed by atoms with Crippen molar-refractivity contribution in [2.75, 3.05) is 6.54 Å². The van der Waals surface area contributed by atoms with Crippen molar-refractivity contribution in [3.8, 4) is 0 Å². The molecule has 0 bridgehead atoms. The van der Waals surface area contributed by atoms with Crippen LogP contribution in [-0.2, 0) is 4.79 Å². The second kappa shape index (κ2) is 5.35. The molecule has 0 fully saturated rings. The number of rotatable bonds is 6. The number of nitrogens with one attached hydrogen (secondary N) is 1. The molecule has 0 saturated heterocycles. The fraction of sp³-hybridized carbons (Fsp3) is 0.909. The van der Waals surface area contributed by atoms with E-state index in [4.69, 9.17) is 5.73 Å². The maximum Gasteiger partial charge on any atom is 0.224 e. The molecule has 0 spiro atoms. The fourth-order valence-electron chi connectivity index (χ4n) is 1.31. The average molecular weight is 200 g/mol. The Hall–Kier alpha value is -0.570. The highest BCUT2D eigenvalue weighted by Crippen LogP contribution is 2.13. The monoisotopic (exact) mass is 200 g/mol. The van der Waals surface area contributed by atoms with Crippen LogP contribution in [-0.4, -0.2) is 18.5 Å².